The Morgan fingerprint density at radius 1 is 0.909 bits per heavy atom. The summed E-state index contributed by atoms with van der Waals surface area (Å²) in [7, 11) is 0. The fraction of sp³-hybridized carbons (Fsp3) is 0.154. The second-order valence-electron chi connectivity index (χ2n) is 4.13. The Morgan fingerprint density at radius 2 is 1.50 bits per heavy atom. The molecular weight excluding hydrogens is 427 g/mol. The molecule has 118 valence electrons. The minimum absolute atomic E-state index is 0.0118. The van der Waals surface area contributed by atoms with Crippen LogP contribution in [-0.4, -0.2) is 11.3 Å². The molecule has 0 aliphatic rings. The Hall–Kier alpha value is -1.52. The van der Waals surface area contributed by atoms with Crippen LogP contribution in [0, 0.1) is 3.57 Å². The maximum Gasteiger partial charge on any atom is 0.573 e. The van der Waals surface area contributed by atoms with Crippen molar-refractivity contribution in [3.05, 3.63) is 45.7 Å². The van der Waals surface area contributed by atoms with Crippen molar-refractivity contribution in [1.82, 2.24) is 4.98 Å². The Bertz CT molecular complexity index is 666. The second kappa shape index (κ2) is 5.94. The molecule has 0 saturated heterocycles. The molecule has 0 aliphatic carbocycles. The minimum atomic E-state index is -4.83. The maximum absolute atomic E-state index is 12.7. The van der Waals surface area contributed by atoms with Gasteiger partial charge in [0, 0.05) is 9.13 Å². The van der Waals surface area contributed by atoms with E-state index in [-0.39, 0.29) is 11.3 Å². The molecule has 0 aliphatic heterocycles. The third-order valence-corrected chi connectivity index (χ3v) is 3.09. The summed E-state index contributed by atoms with van der Waals surface area (Å²) < 4.78 is 78.2. The summed E-state index contributed by atoms with van der Waals surface area (Å²) in [5.74, 6) is -0.460. The lowest BCUT2D eigenvalue weighted by molar-refractivity contribution is -0.274. The molecule has 0 amide bonds. The van der Waals surface area contributed by atoms with Gasteiger partial charge in [0.05, 0.1) is 5.69 Å². The number of alkyl halides is 6. The molecule has 1 aromatic carbocycles. The summed E-state index contributed by atoms with van der Waals surface area (Å²) >= 11 is 1.71. The fourth-order valence-electron chi connectivity index (χ4n) is 1.62. The van der Waals surface area contributed by atoms with Crippen molar-refractivity contribution >= 4 is 22.6 Å². The molecule has 0 saturated carbocycles. The average molecular weight is 433 g/mol. The molecule has 0 radical (unpaired) electrons. The van der Waals surface area contributed by atoms with Gasteiger partial charge in [0.25, 0.3) is 0 Å². The summed E-state index contributed by atoms with van der Waals surface area (Å²) in [6, 6.07) is 6.72. The largest absolute Gasteiger partial charge is 0.573 e. The zero-order valence-electron chi connectivity index (χ0n) is 10.5. The highest BCUT2D eigenvalue weighted by Crippen LogP contribution is 2.32. The van der Waals surface area contributed by atoms with Crippen LogP contribution < -0.4 is 4.74 Å². The van der Waals surface area contributed by atoms with Crippen LogP contribution in [0.3, 0.4) is 0 Å². The zero-order valence-corrected chi connectivity index (χ0v) is 12.6. The fourth-order valence-corrected chi connectivity index (χ4v) is 2.21. The van der Waals surface area contributed by atoms with Gasteiger partial charge in [-0.3, -0.25) is 0 Å². The molecule has 2 nitrogen and oxygen atoms in total. The first kappa shape index (κ1) is 16.8. The molecule has 0 atom stereocenters. The lowest BCUT2D eigenvalue weighted by atomic mass is 10.1. The van der Waals surface area contributed by atoms with Gasteiger partial charge in [-0.2, -0.15) is 13.2 Å². The van der Waals surface area contributed by atoms with E-state index in [0.29, 0.717) is 3.57 Å². The number of hydrogen-bond acceptors (Lipinski definition) is 2. The summed E-state index contributed by atoms with van der Waals surface area (Å²) in [5, 5.41) is 0. The highest BCUT2D eigenvalue weighted by Gasteiger charge is 2.33. The van der Waals surface area contributed by atoms with Gasteiger partial charge in [-0.25, -0.2) is 4.98 Å². The van der Waals surface area contributed by atoms with Crippen molar-refractivity contribution in [2.75, 3.05) is 0 Å². The number of hydrogen-bond donors (Lipinski definition) is 0. The van der Waals surface area contributed by atoms with E-state index in [9.17, 15) is 26.3 Å². The number of nitrogens with zero attached hydrogens (tertiary/aromatic N) is 1. The highest BCUT2D eigenvalue weighted by molar-refractivity contribution is 14.1. The monoisotopic (exact) mass is 433 g/mol. The molecule has 1 aromatic heterocycles. The van der Waals surface area contributed by atoms with E-state index in [1.165, 1.54) is 18.2 Å². The summed E-state index contributed by atoms with van der Waals surface area (Å²) in [4.78, 5) is 3.49. The SMILES string of the molecule is FC(F)(F)Oc1ccc(-c2cc(I)cc(C(F)(F)F)n2)cc1. The molecule has 22 heavy (non-hydrogen) atoms. The van der Waals surface area contributed by atoms with Gasteiger partial charge >= 0.3 is 12.5 Å². The first-order chi connectivity index (χ1) is 10.0. The van der Waals surface area contributed by atoms with Gasteiger partial charge in [-0.1, -0.05) is 0 Å². The molecule has 0 fully saturated rings. The number of pyridine rings is 1. The molecule has 2 rings (SSSR count). The molecule has 2 aromatic rings. The third kappa shape index (κ3) is 4.49. The Labute approximate surface area is 134 Å². The van der Waals surface area contributed by atoms with Crippen LogP contribution in [0.25, 0.3) is 11.3 Å². The van der Waals surface area contributed by atoms with Gasteiger partial charge in [-0.15, -0.1) is 13.2 Å². The highest BCUT2D eigenvalue weighted by atomic mass is 127. The van der Waals surface area contributed by atoms with Crippen LogP contribution in [0.15, 0.2) is 36.4 Å². The summed E-state index contributed by atoms with van der Waals surface area (Å²) in [6.07, 6.45) is -9.43. The third-order valence-electron chi connectivity index (χ3n) is 2.46. The zero-order chi connectivity index (χ0) is 16.5. The van der Waals surface area contributed by atoms with Crippen LogP contribution in [0.4, 0.5) is 26.3 Å². The standard InChI is InChI=1S/C13H6F6INO/c14-12(15,16)11-6-8(20)5-10(21-11)7-1-3-9(4-2-7)22-13(17,18)19/h1-6H. The van der Waals surface area contributed by atoms with E-state index in [1.807, 2.05) is 0 Å². The second-order valence-corrected chi connectivity index (χ2v) is 5.37. The van der Waals surface area contributed by atoms with Gasteiger partial charge in [0.1, 0.15) is 11.4 Å². The first-order valence-corrected chi connectivity index (χ1v) is 6.73. The Balaban J connectivity index is 2.34. The minimum Gasteiger partial charge on any atom is -0.406 e. The van der Waals surface area contributed by atoms with Gasteiger partial charge < -0.3 is 4.74 Å². The van der Waals surface area contributed by atoms with Crippen molar-refractivity contribution in [3.63, 3.8) is 0 Å². The lowest BCUT2D eigenvalue weighted by Gasteiger charge is -2.11. The predicted molar refractivity (Wildman–Crippen MR) is 74.1 cm³/mol. The molecule has 0 spiro atoms. The molecule has 0 N–H and O–H groups in total. The van der Waals surface area contributed by atoms with Gasteiger partial charge in [-0.05, 0) is 59.0 Å². The summed E-state index contributed by atoms with van der Waals surface area (Å²) in [6.45, 7) is 0. The number of rotatable bonds is 2. The van der Waals surface area contributed by atoms with E-state index < -0.39 is 24.0 Å². The molecule has 0 unspecified atom stereocenters. The number of benzene rings is 1. The topological polar surface area (TPSA) is 22.1 Å². The van der Waals surface area contributed by atoms with Gasteiger partial charge in [0.2, 0.25) is 0 Å². The van der Waals surface area contributed by atoms with Crippen LogP contribution in [-0.2, 0) is 6.18 Å². The van der Waals surface area contributed by atoms with Crippen molar-refractivity contribution in [2.24, 2.45) is 0 Å². The van der Waals surface area contributed by atoms with Crippen LogP contribution in [0.5, 0.6) is 5.75 Å². The van der Waals surface area contributed by atoms with Crippen LogP contribution in [0.1, 0.15) is 5.69 Å². The Morgan fingerprint density at radius 3 is 2.00 bits per heavy atom. The summed E-state index contributed by atoms with van der Waals surface area (Å²) in [5.41, 5.74) is -0.804. The van der Waals surface area contributed by atoms with Crippen molar-refractivity contribution in [3.8, 4) is 17.0 Å². The molecular formula is C13H6F6INO. The van der Waals surface area contributed by atoms with Crippen molar-refractivity contribution < 1.29 is 31.1 Å². The van der Waals surface area contributed by atoms with Crippen LogP contribution in [0.2, 0.25) is 0 Å². The van der Waals surface area contributed by atoms with Gasteiger partial charge in [0.15, 0.2) is 0 Å². The quantitative estimate of drug-likeness (QED) is 0.476. The van der Waals surface area contributed by atoms with E-state index in [0.717, 1.165) is 18.2 Å². The Kier molecular flexibility index (Phi) is 4.54. The van der Waals surface area contributed by atoms with E-state index >= 15 is 0 Å². The number of ether oxygens (including phenoxy) is 1. The van der Waals surface area contributed by atoms with E-state index in [1.54, 1.807) is 22.6 Å². The smallest absolute Gasteiger partial charge is 0.406 e. The predicted octanol–water partition coefficient (Wildman–Crippen LogP) is 5.27. The molecule has 9 heteroatoms. The van der Waals surface area contributed by atoms with Crippen molar-refractivity contribution in [1.29, 1.82) is 0 Å². The number of aromatic nitrogens is 1. The van der Waals surface area contributed by atoms with Crippen LogP contribution >= 0.6 is 22.6 Å². The number of halogens is 7. The molecule has 0 bridgehead atoms. The van der Waals surface area contributed by atoms with E-state index in [4.69, 9.17) is 0 Å². The van der Waals surface area contributed by atoms with Crippen molar-refractivity contribution in [2.45, 2.75) is 12.5 Å². The first-order valence-electron chi connectivity index (χ1n) is 5.65. The normalized spacial score (nSPS) is 12.3. The maximum atomic E-state index is 12.7. The lowest BCUT2D eigenvalue weighted by Crippen LogP contribution is -2.16. The average Bonchev–Trinajstić information content (AvgIpc) is 2.36. The van der Waals surface area contributed by atoms with E-state index in [2.05, 4.69) is 9.72 Å². The molecule has 1 heterocycles.